The second-order valence-electron chi connectivity index (χ2n) is 6.64. The molecular formula is C19H20F3N3O3S. The number of nitrogens with zero attached hydrogens (tertiary/aromatic N) is 2. The number of thiazole rings is 1. The summed E-state index contributed by atoms with van der Waals surface area (Å²) in [6.07, 6.45) is -4.41. The number of carbonyl (C=O) groups is 2. The molecule has 0 radical (unpaired) electrons. The van der Waals surface area contributed by atoms with Crippen molar-refractivity contribution in [1.82, 2.24) is 15.2 Å². The van der Waals surface area contributed by atoms with Crippen LogP contribution in [0, 0.1) is 6.92 Å². The van der Waals surface area contributed by atoms with E-state index in [1.807, 2.05) is 0 Å². The van der Waals surface area contributed by atoms with Crippen LogP contribution >= 0.6 is 11.3 Å². The third-order valence-electron chi connectivity index (χ3n) is 4.50. The molecule has 0 saturated carbocycles. The van der Waals surface area contributed by atoms with Gasteiger partial charge in [0.1, 0.15) is 15.9 Å². The average Bonchev–Trinajstić information content (AvgIpc) is 3.09. The summed E-state index contributed by atoms with van der Waals surface area (Å²) >= 11 is 1.07. The molecule has 2 heterocycles. The molecular weight excluding hydrogens is 407 g/mol. The number of amides is 2. The molecule has 3 rings (SSSR count). The zero-order valence-corrected chi connectivity index (χ0v) is 16.7. The Morgan fingerprint density at radius 1 is 1.21 bits per heavy atom. The van der Waals surface area contributed by atoms with Crippen molar-refractivity contribution in [3.63, 3.8) is 0 Å². The molecule has 1 saturated heterocycles. The van der Waals surface area contributed by atoms with Crippen LogP contribution in [0.3, 0.4) is 0 Å². The fraction of sp³-hybridized carbons (Fsp3) is 0.421. The second kappa shape index (κ2) is 8.50. The zero-order valence-electron chi connectivity index (χ0n) is 15.9. The third-order valence-corrected chi connectivity index (χ3v) is 5.71. The normalized spacial score (nSPS) is 15.8. The van der Waals surface area contributed by atoms with Crippen molar-refractivity contribution in [2.45, 2.75) is 26.1 Å². The minimum atomic E-state index is -4.41. The van der Waals surface area contributed by atoms with Crippen molar-refractivity contribution in [1.29, 1.82) is 0 Å². The molecule has 1 fully saturated rings. The maximum atomic E-state index is 12.7. The topological polar surface area (TPSA) is 71.5 Å². The van der Waals surface area contributed by atoms with Crippen LogP contribution < -0.4 is 5.32 Å². The summed E-state index contributed by atoms with van der Waals surface area (Å²) in [6, 6.07) is 3.90. The lowest BCUT2D eigenvalue weighted by atomic mass is 10.1. The Hall–Kier alpha value is -2.46. The van der Waals surface area contributed by atoms with E-state index in [9.17, 15) is 22.8 Å². The largest absolute Gasteiger partial charge is 0.416 e. The van der Waals surface area contributed by atoms with E-state index in [1.54, 1.807) is 18.7 Å². The molecule has 6 nitrogen and oxygen atoms in total. The van der Waals surface area contributed by atoms with Crippen LogP contribution in [-0.4, -0.2) is 54.0 Å². The fourth-order valence-electron chi connectivity index (χ4n) is 2.91. The third kappa shape index (κ3) is 4.94. The van der Waals surface area contributed by atoms with E-state index in [4.69, 9.17) is 4.74 Å². The molecule has 2 amide bonds. The predicted molar refractivity (Wildman–Crippen MR) is 102 cm³/mol. The number of hydrogen-bond acceptors (Lipinski definition) is 5. The number of aryl methyl sites for hydroxylation is 1. The molecule has 1 aromatic heterocycles. The van der Waals surface area contributed by atoms with Crippen LogP contribution in [-0.2, 0) is 15.7 Å². The Balaban J connectivity index is 1.70. The number of morpholine rings is 1. The van der Waals surface area contributed by atoms with Crippen LogP contribution in [0.25, 0.3) is 10.6 Å². The average molecular weight is 427 g/mol. The van der Waals surface area contributed by atoms with E-state index in [0.29, 0.717) is 47.4 Å². The first-order valence-electron chi connectivity index (χ1n) is 8.99. The summed E-state index contributed by atoms with van der Waals surface area (Å²) in [5, 5.41) is 3.12. The molecule has 156 valence electrons. The van der Waals surface area contributed by atoms with Crippen molar-refractivity contribution >= 4 is 23.2 Å². The van der Waals surface area contributed by atoms with Crippen LogP contribution in [0.5, 0.6) is 0 Å². The molecule has 29 heavy (non-hydrogen) atoms. The van der Waals surface area contributed by atoms with Crippen molar-refractivity contribution in [2.75, 3.05) is 26.3 Å². The summed E-state index contributed by atoms with van der Waals surface area (Å²) in [4.78, 5) is 31.3. The number of alkyl halides is 3. The summed E-state index contributed by atoms with van der Waals surface area (Å²) in [6.45, 7) is 5.16. The summed E-state index contributed by atoms with van der Waals surface area (Å²) < 4.78 is 43.4. The van der Waals surface area contributed by atoms with Gasteiger partial charge in [-0.3, -0.25) is 9.59 Å². The van der Waals surface area contributed by atoms with Crippen LogP contribution in [0.4, 0.5) is 13.2 Å². The lowest BCUT2D eigenvalue weighted by Gasteiger charge is -2.29. The van der Waals surface area contributed by atoms with Crippen molar-refractivity contribution in [3.05, 3.63) is 40.4 Å². The highest BCUT2D eigenvalue weighted by molar-refractivity contribution is 7.17. The van der Waals surface area contributed by atoms with E-state index in [2.05, 4.69) is 10.3 Å². The Morgan fingerprint density at radius 2 is 1.83 bits per heavy atom. The summed E-state index contributed by atoms with van der Waals surface area (Å²) in [5.74, 6) is -0.626. The van der Waals surface area contributed by atoms with Gasteiger partial charge in [-0.25, -0.2) is 4.98 Å². The van der Waals surface area contributed by atoms with E-state index in [-0.39, 0.29) is 5.91 Å². The van der Waals surface area contributed by atoms with Crippen molar-refractivity contribution < 1.29 is 27.5 Å². The van der Waals surface area contributed by atoms with Gasteiger partial charge in [0, 0.05) is 18.7 Å². The second-order valence-corrected chi connectivity index (χ2v) is 7.64. The molecule has 1 atom stereocenters. The van der Waals surface area contributed by atoms with Crippen LogP contribution in [0.2, 0.25) is 0 Å². The molecule has 2 aromatic rings. The van der Waals surface area contributed by atoms with Gasteiger partial charge in [0.25, 0.3) is 5.91 Å². The number of aromatic nitrogens is 1. The molecule has 0 bridgehead atoms. The summed E-state index contributed by atoms with van der Waals surface area (Å²) in [5.41, 5.74) is 0.193. The first-order chi connectivity index (χ1) is 13.7. The van der Waals surface area contributed by atoms with Crippen LogP contribution in [0.15, 0.2) is 24.3 Å². The van der Waals surface area contributed by atoms with Crippen LogP contribution in [0.1, 0.15) is 27.9 Å². The molecule has 1 aliphatic heterocycles. The summed E-state index contributed by atoms with van der Waals surface area (Å²) in [7, 11) is 0. The smallest absolute Gasteiger partial charge is 0.378 e. The van der Waals surface area contributed by atoms with E-state index in [0.717, 1.165) is 23.5 Å². The van der Waals surface area contributed by atoms with Gasteiger partial charge in [-0.05, 0) is 26.0 Å². The van der Waals surface area contributed by atoms with E-state index in [1.165, 1.54) is 12.1 Å². The minimum Gasteiger partial charge on any atom is -0.378 e. The SMILES string of the molecule is Cc1nc(-c2ccc(C(F)(F)F)cc2)sc1C(=O)NC(C)C(=O)N1CCOCC1. The maximum Gasteiger partial charge on any atom is 0.416 e. The Labute approximate surface area is 169 Å². The van der Waals surface area contributed by atoms with E-state index >= 15 is 0 Å². The first-order valence-corrected chi connectivity index (χ1v) is 9.81. The van der Waals surface area contributed by atoms with Gasteiger partial charge in [0.15, 0.2) is 0 Å². The molecule has 0 aliphatic carbocycles. The monoisotopic (exact) mass is 427 g/mol. The van der Waals surface area contributed by atoms with Gasteiger partial charge in [-0.2, -0.15) is 13.2 Å². The maximum absolute atomic E-state index is 12.7. The van der Waals surface area contributed by atoms with Gasteiger partial charge in [0.2, 0.25) is 5.91 Å². The standard InChI is InChI=1S/C19H20F3N3O3S/c1-11-15(16(26)23-12(2)18(27)25-7-9-28-10-8-25)29-17(24-11)13-3-5-14(6-4-13)19(20,21)22/h3-6,12H,7-10H2,1-2H3,(H,23,26). The lowest BCUT2D eigenvalue weighted by molar-refractivity contribution is -0.138. The zero-order chi connectivity index (χ0) is 21.2. The number of hydrogen-bond donors (Lipinski definition) is 1. The minimum absolute atomic E-state index is 0.188. The quantitative estimate of drug-likeness (QED) is 0.814. The Morgan fingerprint density at radius 3 is 2.41 bits per heavy atom. The predicted octanol–water partition coefficient (Wildman–Crippen LogP) is 3.11. The molecule has 10 heteroatoms. The highest BCUT2D eigenvalue weighted by atomic mass is 32.1. The number of carbonyl (C=O) groups excluding carboxylic acids is 2. The molecule has 1 unspecified atom stereocenters. The van der Waals surface area contributed by atoms with Gasteiger partial charge in [0.05, 0.1) is 24.5 Å². The number of benzene rings is 1. The molecule has 1 N–H and O–H groups in total. The Bertz CT molecular complexity index is 890. The number of ether oxygens (including phenoxy) is 1. The lowest BCUT2D eigenvalue weighted by Crippen LogP contribution is -2.50. The number of nitrogens with one attached hydrogen (secondary N) is 1. The van der Waals surface area contributed by atoms with Crippen molar-refractivity contribution in [3.8, 4) is 10.6 Å². The highest BCUT2D eigenvalue weighted by Gasteiger charge is 2.30. The van der Waals surface area contributed by atoms with Gasteiger partial charge >= 0.3 is 6.18 Å². The molecule has 1 aromatic carbocycles. The number of halogens is 3. The number of rotatable bonds is 4. The van der Waals surface area contributed by atoms with Gasteiger partial charge < -0.3 is 15.0 Å². The molecule has 1 aliphatic rings. The van der Waals surface area contributed by atoms with Crippen molar-refractivity contribution in [2.24, 2.45) is 0 Å². The molecule has 0 spiro atoms. The van der Waals surface area contributed by atoms with Gasteiger partial charge in [-0.1, -0.05) is 12.1 Å². The highest BCUT2D eigenvalue weighted by Crippen LogP contribution is 2.33. The Kier molecular flexibility index (Phi) is 6.23. The van der Waals surface area contributed by atoms with Gasteiger partial charge in [-0.15, -0.1) is 11.3 Å². The fourth-order valence-corrected chi connectivity index (χ4v) is 3.89. The first kappa shape index (κ1) is 21.3. The van der Waals surface area contributed by atoms with E-state index < -0.39 is 23.7 Å².